The topological polar surface area (TPSA) is 15.3 Å². The van der Waals surface area contributed by atoms with Crippen molar-refractivity contribution in [3.63, 3.8) is 0 Å². The Kier molecular flexibility index (Phi) is 5.62. The monoisotopic (exact) mass is 274 g/mol. The first-order chi connectivity index (χ1) is 9.62. The van der Waals surface area contributed by atoms with Gasteiger partial charge in [0.2, 0.25) is 0 Å². The molecule has 20 heavy (non-hydrogen) atoms. The van der Waals surface area contributed by atoms with Crippen molar-refractivity contribution < 1.29 is 0 Å². The highest BCUT2D eigenvalue weighted by molar-refractivity contribution is 5.14. The predicted octanol–water partition coefficient (Wildman–Crippen LogP) is 3.33. The van der Waals surface area contributed by atoms with Crippen LogP contribution in [-0.4, -0.2) is 37.6 Å². The van der Waals surface area contributed by atoms with Crippen LogP contribution in [0.1, 0.15) is 38.2 Å². The average Bonchev–Trinajstić information content (AvgIpc) is 2.45. The summed E-state index contributed by atoms with van der Waals surface area (Å²) in [6.45, 7) is 4.60. The largest absolute Gasteiger partial charge is 0.315 e. The van der Waals surface area contributed by atoms with Gasteiger partial charge in [0.05, 0.1) is 0 Å². The molecule has 2 rings (SSSR count). The van der Waals surface area contributed by atoms with Crippen LogP contribution >= 0.6 is 0 Å². The van der Waals surface area contributed by atoms with Crippen molar-refractivity contribution in [3.8, 4) is 0 Å². The van der Waals surface area contributed by atoms with E-state index in [9.17, 15) is 0 Å². The molecule has 1 fully saturated rings. The van der Waals surface area contributed by atoms with Crippen molar-refractivity contribution in [2.75, 3.05) is 27.2 Å². The third kappa shape index (κ3) is 4.07. The molecule has 0 saturated heterocycles. The maximum Gasteiger partial charge on any atom is 0.0330 e. The first-order valence-electron chi connectivity index (χ1n) is 8.04. The second-order valence-electron chi connectivity index (χ2n) is 6.73. The van der Waals surface area contributed by atoms with E-state index < -0.39 is 0 Å². The molecule has 0 amide bonds. The Labute approximate surface area is 124 Å². The lowest BCUT2D eigenvalue weighted by molar-refractivity contribution is 0.0755. The molecular weight excluding hydrogens is 244 g/mol. The van der Waals surface area contributed by atoms with Crippen LogP contribution in [-0.2, 0) is 6.42 Å². The minimum absolute atomic E-state index is 0.369. The van der Waals surface area contributed by atoms with Gasteiger partial charge in [0.25, 0.3) is 0 Å². The summed E-state index contributed by atoms with van der Waals surface area (Å²) in [5, 5.41) is 3.70. The van der Waals surface area contributed by atoms with Crippen molar-refractivity contribution in [1.29, 1.82) is 0 Å². The lowest BCUT2D eigenvalue weighted by Gasteiger charge is -2.45. The van der Waals surface area contributed by atoms with Crippen molar-refractivity contribution in [3.05, 3.63) is 35.9 Å². The molecule has 1 aromatic rings. The predicted molar refractivity (Wildman–Crippen MR) is 87.1 cm³/mol. The third-order valence-electron chi connectivity index (χ3n) is 4.90. The fourth-order valence-corrected chi connectivity index (χ4v) is 3.56. The molecule has 2 unspecified atom stereocenters. The van der Waals surface area contributed by atoms with Gasteiger partial charge < -0.3 is 10.2 Å². The van der Waals surface area contributed by atoms with Gasteiger partial charge in [-0.25, -0.2) is 0 Å². The number of nitrogens with one attached hydrogen (secondary N) is 1. The standard InChI is InChI=1S/C18H30N2/c1-16-8-7-12-18(14-16,20(2)3)15-19-13-11-17-9-5-4-6-10-17/h4-6,9-10,16,19H,7-8,11-15H2,1-3H3. The molecule has 2 heteroatoms. The Balaban J connectivity index is 1.81. The van der Waals surface area contributed by atoms with Crippen LogP contribution in [0.4, 0.5) is 0 Å². The minimum atomic E-state index is 0.369. The van der Waals surface area contributed by atoms with E-state index in [0.717, 1.165) is 25.4 Å². The first-order valence-corrected chi connectivity index (χ1v) is 8.04. The zero-order valence-corrected chi connectivity index (χ0v) is 13.4. The summed E-state index contributed by atoms with van der Waals surface area (Å²) in [7, 11) is 4.49. The van der Waals surface area contributed by atoms with Crippen LogP contribution in [0.3, 0.4) is 0 Å². The summed E-state index contributed by atoms with van der Waals surface area (Å²) in [5.41, 5.74) is 1.80. The van der Waals surface area contributed by atoms with Crippen molar-refractivity contribution in [2.24, 2.45) is 5.92 Å². The van der Waals surface area contributed by atoms with Crippen LogP contribution < -0.4 is 5.32 Å². The average molecular weight is 274 g/mol. The lowest BCUT2D eigenvalue weighted by atomic mass is 9.75. The van der Waals surface area contributed by atoms with E-state index in [0.29, 0.717) is 5.54 Å². The molecule has 112 valence electrons. The second-order valence-corrected chi connectivity index (χ2v) is 6.73. The number of nitrogens with zero attached hydrogens (tertiary/aromatic N) is 1. The third-order valence-corrected chi connectivity index (χ3v) is 4.90. The van der Waals surface area contributed by atoms with Gasteiger partial charge in [-0.05, 0) is 51.4 Å². The molecule has 2 nitrogen and oxygen atoms in total. The zero-order chi connectivity index (χ0) is 14.4. The Morgan fingerprint density at radius 1 is 1.25 bits per heavy atom. The fourth-order valence-electron chi connectivity index (χ4n) is 3.56. The van der Waals surface area contributed by atoms with E-state index in [4.69, 9.17) is 0 Å². The van der Waals surface area contributed by atoms with Gasteiger partial charge in [0.15, 0.2) is 0 Å². The lowest BCUT2D eigenvalue weighted by Crippen LogP contribution is -2.54. The summed E-state index contributed by atoms with van der Waals surface area (Å²) >= 11 is 0. The van der Waals surface area contributed by atoms with Gasteiger partial charge in [-0.3, -0.25) is 0 Å². The molecule has 0 spiro atoms. The minimum Gasteiger partial charge on any atom is -0.315 e. The Morgan fingerprint density at radius 2 is 2.00 bits per heavy atom. The Hall–Kier alpha value is -0.860. The highest BCUT2D eigenvalue weighted by Gasteiger charge is 2.36. The van der Waals surface area contributed by atoms with E-state index >= 15 is 0 Å². The number of hydrogen-bond donors (Lipinski definition) is 1. The zero-order valence-electron chi connectivity index (χ0n) is 13.4. The van der Waals surface area contributed by atoms with Crippen molar-refractivity contribution in [1.82, 2.24) is 10.2 Å². The maximum absolute atomic E-state index is 3.70. The number of rotatable bonds is 6. The van der Waals surface area contributed by atoms with Gasteiger partial charge in [0.1, 0.15) is 0 Å². The molecule has 0 aromatic heterocycles. The number of likely N-dealkylation sites (N-methyl/N-ethyl adjacent to an activating group) is 1. The molecule has 0 bridgehead atoms. The first kappa shape index (κ1) is 15.5. The summed E-state index contributed by atoms with van der Waals surface area (Å²) in [6, 6.07) is 10.8. The molecule has 2 atom stereocenters. The molecule has 1 saturated carbocycles. The van der Waals surface area contributed by atoms with Crippen molar-refractivity contribution in [2.45, 2.75) is 44.6 Å². The fraction of sp³-hybridized carbons (Fsp3) is 0.667. The highest BCUT2D eigenvalue weighted by Crippen LogP contribution is 2.35. The van der Waals surface area contributed by atoms with E-state index in [-0.39, 0.29) is 0 Å². The molecule has 1 aliphatic carbocycles. The highest BCUT2D eigenvalue weighted by atomic mass is 15.2. The molecule has 1 aliphatic rings. The molecule has 0 radical (unpaired) electrons. The summed E-state index contributed by atoms with van der Waals surface area (Å²) in [4.78, 5) is 2.46. The van der Waals surface area contributed by atoms with Crippen molar-refractivity contribution >= 4 is 0 Å². The van der Waals surface area contributed by atoms with Crippen LogP contribution in [0.5, 0.6) is 0 Å². The maximum atomic E-state index is 3.70. The summed E-state index contributed by atoms with van der Waals surface area (Å²) < 4.78 is 0. The van der Waals surface area contributed by atoms with Gasteiger partial charge in [-0.2, -0.15) is 0 Å². The van der Waals surface area contributed by atoms with E-state index in [1.807, 2.05) is 0 Å². The molecule has 1 N–H and O–H groups in total. The van der Waals surface area contributed by atoms with E-state index in [2.05, 4.69) is 61.6 Å². The SMILES string of the molecule is CC1CCCC(CNCCc2ccccc2)(N(C)C)C1. The van der Waals surface area contributed by atoms with E-state index in [1.54, 1.807) is 0 Å². The van der Waals surface area contributed by atoms with Crippen LogP contribution in [0, 0.1) is 5.92 Å². The normalized spacial score (nSPS) is 26.9. The quantitative estimate of drug-likeness (QED) is 0.801. The van der Waals surface area contributed by atoms with Crippen LogP contribution in [0.2, 0.25) is 0 Å². The molecule has 0 aliphatic heterocycles. The van der Waals surface area contributed by atoms with E-state index in [1.165, 1.54) is 31.2 Å². The van der Waals surface area contributed by atoms with Crippen LogP contribution in [0.25, 0.3) is 0 Å². The summed E-state index contributed by atoms with van der Waals surface area (Å²) in [5.74, 6) is 0.863. The van der Waals surface area contributed by atoms with Gasteiger partial charge >= 0.3 is 0 Å². The Morgan fingerprint density at radius 3 is 2.65 bits per heavy atom. The smallest absolute Gasteiger partial charge is 0.0330 e. The van der Waals surface area contributed by atoms with Gasteiger partial charge in [-0.15, -0.1) is 0 Å². The molecular formula is C18H30N2. The Bertz CT molecular complexity index is 388. The number of benzene rings is 1. The summed E-state index contributed by atoms with van der Waals surface area (Å²) in [6.07, 6.45) is 6.57. The molecule has 1 aromatic carbocycles. The second kappa shape index (κ2) is 7.24. The van der Waals surface area contributed by atoms with Crippen LogP contribution in [0.15, 0.2) is 30.3 Å². The molecule has 0 heterocycles. The number of hydrogen-bond acceptors (Lipinski definition) is 2. The van der Waals surface area contributed by atoms with Gasteiger partial charge in [0, 0.05) is 12.1 Å². The van der Waals surface area contributed by atoms with Gasteiger partial charge in [-0.1, -0.05) is 50.1 Å².